The number of benzene rings is 2. The highest BCUT2D eigenvalue weighted by atomic mass is 35.5. The zero-order valence-corrected chi connectivity index (χ0v) is 12.1. The minimum atomic E-state index is -0.495. The van der Waals surface area contributed by atoms with Crippen molar-refractivity contribution in [3.8, 4) is 11.5 Å². The summed E-state index contributed by atoms with van der Waals surface area (Å²) in [5, 5.41) is 9.99. The predicted molar refractivity (Wildman–Crippen MR) is 79.4 cm³/mol. The first-order valence-electron chi connectivity index (χ1n) is 6.21. The Balaban J connectivity index is 2.23. The molecule has 0 spiro atoms. The van der Waals surface area contributed by atoms with Crippen LogP contribution in [0.25, 0.3) is 0 Å². The first-order chi connectivity index (χ1) is 10.0. The monoisotopic (exact) mass is 304 g/mol. The normalized spacial score (nSPS) is 10.2. The van der Waals surface area contributed by atoms with Gasteiger partial charge >= 0.3 is 0 Å². The van der Waals surface area contributed by atoms with Crippen molar-refractivity contribution in [1.82, 2.24) is 0 Å². The summed E-state index contributed by atoms with van der Waals surface area (Å²) in [6.45, 7) is 0. The van der Waals surface area contributed by atoms with Crippen molar-refractivity contribution < 1.29 is 19.4 Å². The third-order valence-electron chi connectivity index (χ3n) is 2.99. The van der Waals surface area contributed by atoms with Crippen molar-refractivity contribution in [3.63, 3.8) is 0 Å². The molecule has 4 nitrogen and oxygen atoms in total. The van der Waals surface area contributed by atoms with E-state index >= 15 is 0 Å². The summed E-state index contributed by atoms with van der Waals surface area (Å²) in [5.41, 5.74) is 0.362. The van der Waals surface area contributed by atoms with Crippen molar-refractivity contribution in [1.29, 1.82) is 0 Å². The van der Waals surface area contributed by atoms with Gasteiger partial charge in [0.15, 0.2) is 11.6 Å². The average molecular weight is 305 g/mol. The van der Waals surface area contributed by atoms with E-state index in [0.29, 0.717) is 16.3 Å². The molecule has 0 atom stereocenters. The lowest BCUT2D eigenvalue weighted by Gasteiger charge is -2.07. The lowest BCUT2D eigenvalue weighted by molar-refractivity contribution is 0.0891. The first kappa shape index (κ1) is 15.1. The maximum atomic E-state index is 12.2. The number of hydrogen-bond acceptors (Lipinski definition) is 4. The van der Waals surface area contributed by atoms with Crippen LogP contribution in [0, 0.1) is 0 Å². The number of halogens is 1. The third-order valence-corrected chi connectivity index (χ3v) is 3.22. The Bertz CT molecular complexity index is 694. The van der Waals surface area contributed by atoms with Crippen molar-refractivity contribution in [2.24, 2.45) is 0 Å². The lowest BCUT2D eigenvalue weighted by atomic mass is 10.0. The van der Waals surface area contributed by atoms with Crippen LogP contribution < -0.4 is 4.74 Å². The number of Topliss-reactive ketones (excluding diaryl/α,β-unsaturated/α-hetero) is 2. The van der Waals surface area contributed by atoms with Crippen molar-refractivity contribution >= 4 is 23.2 Å². The van der Waals surface area contributed by atoms with Crippen LogP contribution in [0.3, 0.4) is 0 Å². The number of methoxy groups -OCH3 is 1. The van der Waals surface area contributed by atoms with Crippen LogP contribution in [0.4, 0.5) is 0 Å². The fourth-order valence-corrected chi connectivity index (χ4v) is 2.11. The molecule has 0 bridgehead atoms. The Morgan fingerprint density at radius 2 is 1.76 bits per heavy atom. The lowest BCUT2D eigenvalue weighted by Crippen LogP contribution is -2.10. The maximum absolute atomic E-state index is 12.2. The zero-order valence-electron chi connectivity index (χ0n) is 11.3. The molecule has 2 rings (SSSR count). The van der Waals surface area contributed by atoms with Gasteiger partial charge in [-0.25, -0.2) is 0 Å². The number of phenolic OH excluding ortho intramolecular Hbond substituents is 1. The van der Waals surface area contributed by atoms with Gasteiger partial charge in [-0.3, -0.25) is 9.59 Å². The summed E-state index contributed by atoms with van der Waals surface area (Å²) in [6.07, 6.45) is -0.367. The molecule has 0 aliphatic heterocycles. The summed E-state index contributed by atoms with van der Waals surface area (Å²) in [5.74, 6) is -0.662. The molecule has 21 heavy (non-hydrogen) atoms. The van der Waals surface area contributed by atoms with Gasteiger partial charge in [0.05, 0.1) is 24.7 Å². The summed E-state index contributed by atoms with van der Waals surface area (Å²) in [6, 6.07) is 10.8. The molecular weight excluding hydrogens is 292 g/mol. The Morgan fingerprint density at radius 3 is 2.48 bits per heavy atom. The second-order valence-corrected chi connectivity index (χ2v) is 4.82. The van der Waals surface area contributed by atoms with Gasteiger partial charge in [0.1, 0.15) is 11.5 Å². The van der Waals surface area contributed by atoms with Crippen molar-refractivity contribution in [3.05, 3.63) is 58.6 Å². The van der Waals surface area contributed by atoms with E-state index in [1.807, 2.05) is 0 Å². The van der Waals surface area contributed by atoms with E-state index in [4.69, 9.17) is 16.3 Å². The summed E-state index contributed by atoms with van der Waals surface area (Å²) >= 11 is 5.79. The van der Waals surface area contributed by atoms with Crippen LogP contribution in [0.1, 0.15) is 27.1 Å². The number of rotatable bonds is 5. The fraction of sp³-hybridized carbons (Fsp3) is 0.125. The number of carbonyl (C=O) groups excluding carboxylic acids is 2. The second-order valence-electron chi connectivity index (χ2n) is 4.38. The van der Waals surface area contributed by atoms with Gasteiger partial charge < -0.3 is 9.84 Å². The van der Waals surface area contributed by atoms with Crippen LogP contribution in [0.5, 0.6) is 11.5 Å². The van der Waals surface area contributed by atoms with Crippen LogP contribution in [-0.4, -0.2) is 23.8 Å². The topological polar surface area (TPSA) is 63.6 Å². The Hall–Kier alpha value is -2.33. The van der Waals surface area contributed by atoms with E-state index in [-0.39, 0.29) is 23.5 Å². The van der Waals surface area contributed by atoms with E-state index in [1.165, 1.54) is 25.3 Å². The molecule has 0 unspecified atom stereocenters. The number of carbonyl (C=O) groups is 2. The van der Waals surface area contributed by atoms with Gasteiger partial charge in [0.2, 0.25) is 0 Å². The Kier molecular flexibility index (Phi) is 4.60. The molecule has 0 radical (unpaired) electrons. The standard InChI is InChI=1S/C16H13ClO4/c1-21-16-5-3-2-4-11(16)14(19)9-15(20)12-8-10(17)6-7-13(12)18/h2-8,18H,9H2,1H3. The fourth-order valence-electron chi connectivity index (χ4n) is 1.94. The van der Waals surface area contributed by atoms with Gasteiger partial charge in [0.25, 0.3) is 0 Å². The van der Waals surface area contributed by atoms with E-state index in [2.05, 4.69) is 0 Å². The first-order valence-corrected chi connectivity index (χ1v) is 6.58. The molecule has 1 N–H and O–H groups in total. The quantitative estimate of drug-likeness (QED) is 0.678. The van der Waals surface area contributed by atoms with Crippen LogP contribution in [0.15, 0.2) is 42.5 Å². The molecule has 0 aliphatic carbocycles. The molecule has 0 fully saturated rings. The molecule has 0 saturated heterocycles. The third kappa shape index (κ3) is 3.41. The van der Waals surface area contributed by atoms with Gasteiger partial charge in [-0.2, -0.15) is 0 Å². The van der Waals surface area contributed by atoms with E-state index < -0.39 is 5.78 Å². The SMILES string of the molecule is COc1ccccc1C(=O)CC(=O)c1cc(Cl)ccc1O. The Labute approximate surface area is 126 Å². The number of hydrogen-bond donors (Lipinski definition) is 1. The maximum Gasteiger partial charge on any atom is 0.174 e. The zero-order chi connectivity index (χ0) is 15.4. The highest BCUT2D eigenvalue weighted by molar-refractivity contribution is 6.31. The van der Waals surface area contributed by atoms with E-state index in [1.54, 1.807) is 24.3 Å². The number of phenols is 1. The van der Waals surface area contributed by atoms with Gasteiger partial charge in [0, 0.05) is 5.02 Å². The number of ether oxygens (including phenoxy) is 1. The smallest absolute Gasteiger partial charge is 0.174 e. The molecule has 2 aromatic rings. The number of ketones is 2. The highest BCUT2D eigenvalue weighted by Crippen LogP contribution is 2.25. The summed E-state index contributed by atoms with van der Waals surface area (Å²) < 4.78 is 5.09. The molecule has 0 heterocycles. The summed E-state index contributed by atoms with van der Waals surface area (Å²) in [4.78, 5) is 24.3. The molecule has 5 heteroatoms. The summed E-state index contributed by atoms with van der Waals surface area (Å²) in [7, 11) is 1.46. The molecular formula is C16H13ClO4. The van der Waals surface area contributed by atoms with Crippen molar-refractivity contribution in [2.75, 3.05) is 7.11 Å². The van der Waals surface area contributed by atoms with Gasteiger partial charge in [-0.1, -0.05) is 23.7 Å². The second kappa shape index (κ2) is 6.41. The minimum Gasteiger partial charge on any atom is -0.507 e. The van der Waals surface area contributed by atoms with Crippen molar-refractivity contribution in [2.45, 2.75) is 6.42 Å². The molecule has 0 amide bonds. The van der Waals surface area contributed by atoms with Gasteiger partial charge in [-0.05, 0) is 30.3 Å². The Morgan fingerprint density at radius 1 is 1.10 bits per heavy atom. The number of para-hydroxylation sites is 1. The molecule has 0 aromatic heterocycles. The van der Waals surface area contributed by atoms with E-state index in [9.17, 15) is 14.7 Å². The van der Waals surface area contributed by atoms with Crippen LogP contribution in [0.2, 0.25) is 5.02 Å². The van der Waals surface area contributed by atoms with Gasteiger partial charge in [-0.15, -0.1) is 0 Å². The molecule has 108 valence electrons. The average Bonchev–Trinajstić information content (AvgIpc) is 2.49. The molecule has 2 aromatic carbocycles. The van der Waals surface area contributed by atoms with Crippen LogP contribution >= 0.6 is 11.6 Å². The predicted octanol–water partition coefficient (Wildman–Crippen LogP) is 3.51. The molecule has 0 saturated carbocycles. The van der Waals surface area contributed by atoms with Crippen LogP contribution in [-0.2, 0) is 0 Å². The molecule has 0 aliphatic rings. The highest BCUT2D eigenvalue weighted by Gasteiger charge is 2.19. The largest absolute Gasteiger partial charge is 0.507 e. The van der Waals surface area contributed by atoms with E-state index in [0.717, 1.165) is 0 Å². The number of aromatic hydroxyl groups is 1. The minimum absolute atomic E-state index is 0.0331.